The summed E-state index contributed by atoms with van der Waals surface area (Å²) in [4.78, 5) is 50.6. The lowest BCUT2D eigenvalue weighted by Crippen LogP contribution is -2.46. The minimum atomic E-state index is -0.601. The Kier molecular flexibility index (Phi) is 6.32. The quantitative estimate of drug-likeness (QED) is 0.682. The molecule has 2 aliphatic rings. The van der Waals surface area contributed by atoms with E-state index in [1.54, 1.807) is 35.2 Å². The molecular formula is C18H19N3O6S. The van der Waals surface area contributed by atoms with Gasteiger partial charge in [-0.3, -0.25) is 24.1 Å². The van der Waals surface area contributed by atoms with Gasteiger partial charge in [0.15, 0.2) is 6.61 Å². The van der Waals surface area contributed by atoms with Gasteiger partial charge in [0.2, 0.25) is 5.91 Å². The monoisotopic (exact) mass is 405 g/mol. The van der Waals surface area contributed by atoms with Crippen LogP contribution in [0.4, 0.5) is 4.79 Å². The average Bonchev–Trinajstić information content (AvgIpc) is 2.94. The Morgan fingerprint density at radius 2 is 2.00 bits per heavy atom. The number of hydrogen-bond donors (Lipinski definition) is 1. The van der Waals surface area contributed by atoms with E-state index in [1.165, 1.54) is 0 Å². The van der Waals surface area contributed by atoms with Gasteiger partial charge in [0.25, 0.3) is 17.1 Å². The van der Waals surface area contributed by atoms with Gasteiger partial charge in [-0.05, 0) is 35.5 Å². The van der Waals surface area contributed by atoms with E-state index in [-0.39, 0.29) is 24.0 Å². The maximum atomic E-state index is 12.6. The van der Waals surface area contributed by atoms with Gasteiger partial charge in [-0.1, -0.05) is 12.1 Å². The van der Waals surface area contributed by atoms with Crippen LogP contribution in [-0.2, 0) is 19.1 Å². The van der Waals surface area contributed by atoms with Gasteiger partial charge in [0.1, 0.15) is 12.3 Å². The molecule has 0 unspecified atom stereocenters. The average molecular weight is 405 g/mol. The van der Waals surface area contributed by atoms with Gasteiger partial charge in [0, 0.05) is 13.1 Å². The van der Waals surface area contributed by atoms with Gasteiger partial charge in [-0.25, -0.2) is 0 Å². The van der Waals surface area contributed by atoms with E-state index < -0.39 is 17.1 Å². The first kappa shape index (κ1) is 19.9. The topological polar surface area (TPSA) is 119 Å². The van der Waals surface area contributed by atoms with Crippen molar-refractivity contribution in [2.75, 3.05) is 39.5 Å². The maximum Gasteiger partial charge on any atom is 0.294 e. The predicted molar refractivity (Wildman–Crippen MR) is 101 cm³/mol. The number of carbonyl (C=O) groups is 4. The van der Waals surface area contributed by atoms with Gasteiger partial charge >= 0.3 is 0 Å². The maximum absolute atomic E-state index is 12.6. The van der Waals surface area contributed by atoms with Crippen molar-refractivity contribution in [3.05, 3.63) is 34.7 Å². The number of nitrogens with two attached hydrogens (primary N) is 1. The second-order valence-corrected chi connectivity index (χ2v) is 7.08. The molecule has 0 saturated carbocycles. The molecule has 1 aromatic carbocycles. The van der Waals surface area contributed by atoms with E-state index >= 15 is 0 Å². The Hall–Kier alpha value is -2.85. The Morgan fingerprint density at radius 1 is 1.25 bits per heavy atom. The summed E-state index contributed by atoms with van der Waals surface area (Å²) in [6.07, 6.45) is 1.54. The normalized spacial score (nSPS) is 18.6. The molecule has 148 valence electrons. The number of amides is 4. The first-order chi connectivity index (χ1) is 13.4. The molecule has 2 N–H and O–H groups in total. The molecule has 4 amide bonds. The van der Waals surface area contributed by atoms with Gasteiger partial charge in [-0.2, -0.15) is 0 Å². The highest BCUT2D eigenvalue weighted by atomic mass is 32.2. The van der Waals surface area contributed by atoms with Crippen molar-refractivity contribution >= 4 is 40.8 Å². The van der Waals surface area contributed by atoms with Crippen LogP contribution in [0, 0.1) is 0 Å². The smallest absolute Gasteiger partial charge is 0.294 e. The largest absolute Gasteiger partial charge is 0.484 e. The van der Waals surface area contributed by atoms with Crippen LogP contribution < -0.4 is 10.5 Å². The molecule has 0 bridgehead atoms. The fourth-order valence-electron chi connectivity index (χ4n) is 2.68. The van der Waals surface area contributed by atoms with E-state index in [2.05, 4.69) is 0 Å². The first-order valence-electron chi connectivity index (χ1n) is 8.56. The number of hydrogen-bond acceptors (Lipinski definition) is 7. The number of ether oxygens (including phenoxy) is 2. The van der Waals surface area contributed by atoms with E-state index in [9.17, 15) is 19.2 Å². The third-order valence-electron chi connectivity index (χ3n) is 4.07. The zero-order valence-electron chi connectivity index (χ0n) is 15.0. The molecule has 0 radical (unpaired) electrons. The van der Waals surface area contributed by atoms with Crippen LogP contribution in [0.25, 0.3) is 6.08 Å². The van der Waals surface area contributed by atoms with Crippen molar-refractivity contribution in [1.82, 2.24) is 9.80 Å². The summed E-state index contributed by atoms with van der Waals surface area (Å²) in [6.45, 7) is 1.24. The molecule has 3 rings (SSSR count). The van der Waals surface area contributed by atoms with E-state index in [1.807, 2.05) is 0 Å². The number of thioether (sulfide) groups is 1. The molecule has 2 fully saturated rings. The van der Waals surface area contributed by atoms with E-state index in [0.717, 1.165) is 16.7 Å². The number of rotatable bonds is 6. The Balaban J connectivity index is 1.68. The third-order valence-corrected chi connectivity index (χ3v) is 4.98. The summed E-state index contributed by atoms with van der Waals surface area (Å²) in [6, 6.07) is 6.68. The Labute approximate surface area is 165 Å². The molecule has 10 heteroatoms. The van der Waals surface area contributed by atoms with Gasteiger partial charge < -0.3 is 20.1 Å². The highest BCUT2D eigenvalue weighted by molar-refractivity contribution is 8.18. The van der Waals surface area contributed by atoms with Crippen LogP contribution in [0.2, 0.25) is 0 Å². The summed E-state index contributed by atoms with van der Waals surface area (Å²) in [5, 5.41) is -0.487. The number of imide groups is 1. The van der Waals surface area contributed by atoms with Crippen molar-refractivity contribution in [1.29, 1.82) is 0 Å². The summed E-state index contributed by atoms with van der Waals surface area (Å²) >= 11 is 0.778. The van der Waals surface area contributed by atoms with Crippen LogP contribution in [-0.4, -0.2) is 72.2 Å². The Bertz CT molecular complexity index is 834. The zero-order valence-corrected chi connectivity index (χ0v) is 15.8. The zero-order chi connectivity index (χ0) is 20.1. The molecule has 2 aliphatic heterocycles. The molecule has 0 aliphatic carbocycles. The number of benzene rings is 1. The lowest BCUT2D eigenvalue weighted by atomic mass is 10.2. The van der Waals surface area contributed by atoms with Crippen LogP contribution in [0.15, 0.2) is 29.2 Å². The summed E-state index contributed by atoms with van der Waals surface area (Å²) in [5.41, 5.74) is 5.67. The molecular weight excluding hydrogens is 386 g/mol. The van der Waals surface area contributed by atoms with E-state index in [0.29, 0.717) is 37.6 Å². The molecule has 2 saturated heterocycles. The minimum Gasteiger partial charge on any atom is -0.484 e. The number of morpholine rings is 1. The summed E-state index contributed by atoms with van der Waals surface area (Å²) in [5.74, 6) is -0.987. The van der Waals surface area contributed by atoms with Crippen LogP contribution in [0.5, 0.6) is 5.75 Å². The van der Waals surface area contributed by atoms with Crippen molar-refractivity contribution in [3.8, 4) is 5.75 Å². The standard InChI is InChI=1S/C18H19N3O6S/c19-15(22)11-27-13-3-1-2-12(8-13)9-14-17(24)21(18(25)28-14)10-16(23)20-4-6-26-7-5-20/h1-3,8-9H,4-7,10-11H2,(H2,19,22)/b14-9-. The molecule has 1 aromatic rings. The first-order valence-corrected chi connectivity index (χ1v) is 9.38. The van der Waals surface area contributed by atoms with Crippen LogP contribution >= 0.6 is 11.8 Å². The van der Waals surface area contributed by atoms with Gasteiger partial charge in [0.05, 0.1) is 18.1 Å². The highest BCUT2D eigenvalue weighted by Crippen LogP contribution is 2.32. The minimum absolute atomic E-state index is 0.215. The third kappa shape index (κ3) is 4.90. The van der Waals surface area contributed by atoms with Crippen molar-refractivity contribution in [2.24, 2.45) is 5.73 Å². The molecule has 2 heterocycles. The van der Waals surface area contributed by atoms with Gasteiger partial charge in [-0.15, -0.1) is 0 Å². The molecule has 0 atom stereocenters. The van der Waals surface area contributed by atoms with Crippen molar-refractivity contribution in [2.45, 2.75) is 0 Å². The molecule has 28 heavy (non-hydrogen) atoms. The summed E-state index contributed by atoms with van der Waals surface area (Å²) in [7, 11) is 0. The second-order valence-electron chi connectivity index (χ2n) is 6.09. The second kappa shape index (κ2) is 8.89. The van der Waals surface area contributed by atoms with Crippen LogP contribution in [0.1, 0.15) is 5.56 Å². The molecule has 9 nitrogen and oxygen atoms in total. The SMILES string of the molecule is NC(=O)COc1cccc(/C=C2\SC(=O)N(CC(=O)N3CCOCC3)C2=O)c1. The number of nitrogens with zero attached hydrogens (tertiary/aromatic N) is 2. The predicted octanol–water partition coefficient (Wildman–Crippen LogP) is 0.446. The Morgan fingerprint density at radius 3 is 2.71 bits per heavy atom. The van der Waals surface area contributed by atoms with Crippen molar-refractivity contribution < 1.29 is 28.7 Å². The lowest BCUT2D eigenvalue weighted by molar-refractivity contribution is -0.139. The molecule has 0 aromatic heterocycles. The lowest BCUT2D eigenvalue weighted by Gasteiger charge is -2.28. The number of carbonyl (C=O) groups excluding carboxylic acids is 4. The summed E-state index contributed by atoms with van der Waals surface area (Å²) < 4.78 is 10.4. The fourth-order valence-corrected chi connectivity index (χ4v) is 3.52. The number of primary amides is 1. The van der Waals surface area contributed by atoms with Crippen LogP contribution in [0.3, 0.4) is 0 Å². The van der Waals surface area contributed by atoms with E-state index in [4.69, 9.17) is 15.2 Å². The molecule has 0 spiro atoms. The van der Waals surface area contributed by atoms with Crippen molar-refractivity contribution in [3.63, 3.8) is 0 Å². The highest BCUT2D eigenvalue weighted by Gasteiger charge is 2.37. The fraction of sp³-hybridized carbons (Fsp3) is 0.333.